The number of hydrogen-bond donors (Lipinski definition) is 2. The minimum absolute atomic E-state index is 0.0639. The van der Waals surface area contributed by atoms with E-state index in [2.05, 4.69) is 0 Å². The lowest BCUT2D eigenvalue weighted by Gasteiger charge is -2.14. The van der Waals surface area contributed by atoms with Gasteiger partial charge in [0.15, 0.2) is 0 Å². The topological polar surface area (TPSA) is 43.7 Å². The monoisotopic (exact) mass is 289 g/mol. The Bertz CT molecular complexity index is 653. The van der Waals surface area contributed by atoms with Crippen LogP contribution in [0.25, 0.3) is 11.1 Å². The Labute approximate surface area is 124 Å². The number of phenols is 1. The summed E-state index contributed by atoms with van der Waals surface area (Å²) in [4.78, 5) is 2.03. The van der Waals surface area contributed by atoms with Gasteiger partial charge in [-0.25, -0.2) is 4.39 Å². The predicted octanol–water partition coefficient (Wildman–Crippen LogP) is 3.06. The van der Waals surface area contributed by atoms with E-state index in [0.29, 0.717) is 22.3 Å². The predicted molar refractivity (Wildman–Crippen MR) is 81.6 cm³/mol. The summed E-state index contributed by atoms with van der Waals surface area (Å²) in [6.07, 6.45) is 0. The number of aryl methyl sites for hydroxylation is 1. The molecule has 0 aliphatic heterocycles. The Hall–Kier alpha value is -1.91. The van der Waals surface area contributed by atoms with Gasteiger partial charge in [-0.3, -0.25) is 0 Å². The number of hydrogen-bond acceptors (Lipinski definition) is 3. The number of aliphatic hydroxyl groups excluding tert-OH is 1. The van der Waals surface area contributed by atoms with Gasteiger partial charge in [-0.05, 0) is 49.3 Å². The van der Waals surface area contributed by atoms with Crippen molar-refractivity contribution in [3.8, 4) is 16.9 Å². The normalized spacial score (nSPS) is 11.1. The Kier molecular flexibility index (Phi) is 4.60. The van der Waals surface area contributed by atoms with Crippen molar-refractivity contribution in [2.45, 2.75) is 20.1 Å². The van der Waals surface area contributed by atoms with Gasteiger partial charge in [-0.15, -0.1) is 0 Å². The zero-order valence-corrected chi connectivity index (χ0v) is 12.5. The van der Waals surface area contributed by atoms with E-state index in [-0.39, 0.29) is 12.4 Å². The summed E-state index contributed by atoms with van der Waals surface area (Å²) in [5.74, 6) is -0.556. The maximum absolute atomic E-state index is 14.1. The van der Waals surface area contributed by atoms with Crippen LogP contribution >= 0.6 is 0 Å². The van der Waals surface area contributed by atoms with Crippen molar-refractivity contribution in [1.82, 2.24) is 4.90 Å². The third kappa shape index (κ3) is 3.40. The molecule has 2 N–H and O–H groups in total. The highest BCUT2D eigenvalue weighted by Crippen LogP contribution is 2.31. The molecule has 0 aromatic heterocycles. The van der Waals surface area contributed by atoms with E-state index >= 15 is 0 Å². The number of halogens is 1. The standard InChI is InChI=1S/C17H20FNO2/c1-11-6-15(16(18)8-17(11)21)14-5-4-12(9-19(2)3)7-13(14)10-20/h4-8,20-21H,9-10H2,1-3H3. The van der Waals surface area contributed by atoms with Crippen molar-refractivity contribution in [2.75, 3.05) is 14.1 Å². The molecule has 4 heteroatoms. The van der Waals surface area contributed by atoms with Crippen LogP contribution in [0.4, 0.5) is 4.39 Å². The average Bonchev–Trinajstić information content (AvgIpc) is 2.42. The summed E-state index contributed by atoms with van der Waals surface area (Å²) >= 11 is 0. The van der Waals surface area contributed by atoms with Crippen LogP contribution in [0.15, 0.2) is 30.3 Å². The Morgan fingerprint density at radius 2 is 1.81 bits per heavy atom. The quantitative estimate of drug-likeness (QED) is 0.909. The van der Waals surface area contributed by atoms with Crippen LogP contribution in [0.2, 0.25) is 0 Å². The van der Waals surface area contributed by atoms with Crippen molar-refractivity contribution in [3.63, 3.8) is 0 Å². The van der Waals surface area contributed by atoms with Crippen LogP contribution in [0.5, 0.6) is 5.75 Å². The van der Waals surface area contributed by atoms with Crippen LogP contribution in [0, 0.1) is 12.7 Å². The Morgan fingerprint density at radius 1 is 1.10 bits per heavy atom. The number of rotatable bonds is 4. The molecule has 0 unspecified atom stereocenters. The summed E-state index contributed by atoms with van der Waals surface area (Å²) in [5.41, 5.74) is 3.39. The van der Waals surface area contributed by atoms with E-state index in [1.165, 1.54) is 0 Å². The second kappa shape index (κ2) is 6.24. The number of aromatic hydroxyl groups is 1. The van der Waals surface area contributed by atoms with Gasteiger partial charge in [0.1, 0.15) is 11.6 Å². The van der Waals surface area contributed by atoms with E-state index in [0.717, 1.165) is 18.2 Å². The third-order valence-electron chi connectivity index (χ3n) is 3.41. The van der Waals surface area contributed by atoms with Gasteiger partial charge in [-0.2, -0.15) is 0 Å². The first-order valence-corrected chi connectivity index (χ1v) is 6.79. The molecule has 0 bridgehead atoms. The molecule has 21 heavy (non-hydrogen) atoms. The smallest absolute Gasteiger partial charge is 0.134 e. The van der Waals surface area contributed by atoms with Gasteiger partial charge in [0.05, 0.1) is 6.61 Å². The van der Waals surface area contributed by atoms with Crippen LogP contribution < -0.4 is 0 Å². The van der Waals surface area contributed by atoms with E-state index in [1.807, 2.05) is 37.2 Å². The first-order chi connectivity index (χ1) is 9.92. The highest BCUT2D eigenvalue weighted by Gasteiger charge is 2.13. The van der Waals surface area contributed by atoms with Crippen LogP contribution in [0.1, 0.15) is 16.7 Å². The third-order valence-corrected chi connectivity index (χ3v) is 3.41. The summed E-state index contributed by atoms with van der Waals surface area (Å²) in [5, 5.41) is 19.1. The van der Waals surface area contributed by atoms with Crippen LogP contribution in [-0.4, -0.2) is 29.2 Å². The molecule has 0 amide bonds. The number of phenolic OH excluding ortho intramolecular Hbond substituents is 1. The second-order valence-corrected chi connectivity index (χ2v) is 5.51. The molecule has 0 saturated heterocycles. The fourth-order valence-electron chi connectivity index (χ4n) is 2.38. The molecule has 112 valence electrons. The Balaban J connectivity index is 2.51. The second-order valence-electron chi connectivity index (χ2n) is 5.51. The van der Waals surface area contributed by atoms with Gasteiger partial charge < -0.3 is 15.1 Å². The van der Waals surface area contributed by atoms with E-state index < -0.39 is 5.82 Å². The number of aliphatic hydroxyl groups is 1. The zero-order chi connectivity index (χ0) is 15.6. The summed E-state index contributed by atoms with van der Waals surface area (Å²) < 4.78 is 14.1. The van der Waals surface area contributed by atoms with Gasteiger partial charge in [-0.1, -0.05) is 18.2 Å². The maximum atomic E-state index is 14.1. The minimum Gasteiger partial charge on any atom is -0.508 e. The number of benzene rings is 2. The molecule has 2 rings (SSSR count). The maximum Gasteiger partial charge on any atom is 0.134 e. The van der Waals surface area contributed by atoms with Crippen molar-refractivity contribution >= 4 is 0 Å². The van der Waals surface area contributed by atoms with Gasteiger partial charge in [0.2, 0.25) is 0 Å². The van der Waals surface area contributed by atoms with Gasteiger partial charge >= 0.3 is 0 Å². The molecular formula is C17H20FNO2. The fourth-order valence-corrected chi connectivity index (χ4v) is 2.38. The molecule has 2 aromatic rings. The van der Waals surface area contributed by atoms with Crippen molar-refractivity contribution in [1.29, 1.82) is 0 Å². The molecule has 2 aromatic carbocycles. The fraction of sp³-hybridized carbons (Fsp3) is 0.294. The molecule has 0 aliphatic rings. The SMILES string of the molecule is Cc1cc(-c2ccc(CN(C)C)cc2CO)c(F)cc1O. The molecule has 0 atom stereocenters. The number of nitrogens with zero attached hydrogens (tertiary/aromatic N) is 1. The summed E-state index contributed by atoms with van der Waals surface area (Å²) in [6.45, 7) is 2.32. The first kappa shape index (κ1) is 15.5. The van der Waals surface area contributed by atoms with Crippen LogP contribution in [0.3, 0.4) is 0 Å². The largest absolute Gasteiger partial charge is 0.508 e. The van der Waals surface area contributed by atoms with E-state index in [9.17, 15) is 14.6 Å². The molecule has 3 nitrogen and oxygen atoms in total. The highest BCUT2D eigenvalue weighted by atomic mass is 19.1. The highest BCUT2D eigenvalue weighted by molar-refractivity contribution is 5.70. The first-order valence-electron chi connectivity index (χ1n) is 6.79. The molecule has 0 fully saturated rings. The summed E-state index contributed by atoms with van der Waals surface area (Å²) in [7, 11) is 3.94. The molecule has 0 aliphatic carbocycles. The van der Waals surface area contributed by atoms with Crippen molar-refractivity contribution in [2.24, 2.45) is 0 Å². The van der Waals surface area contributed by atoms with Gasteiger partial charge in [0.25, 0.3) is 0 Å². The molecular weight excluding hydrogens is 269 g/mol. The van der Waals surface area contributed by atoms with Crippen LogP contribution in [-0.2, 0) is 13.2 Å². The van der Waals surface area contributed by atoms with Crippen molar-refractivity contribution < 1.29 is 14.6 Å². The van der Waals surface area contributed by atoms with E-state index in [1.54, 1.807) is 13.0 Å². The molecule has 0 radical (unpaired) electrons. The zero-order valence-electron chi connectivity index (χ0n) is 12.5. The summed E-state index contributed by atoms with van der Waals surface area (Å²) in [6, 6.07) is 8.34. The average molecular weight is 289 g/mol. The molecule has 0 heterocycles. The lowest BCUT2D eigenvalue weighted by molar-refractivity contribution is 0.282. The minimum atomic E-state index is -0.492. The lowest BCUT2D eigenvalue weighted by Crippen LogP contribution is -2.11. The van der Waals surface area contributed by atoms with Crippen molar-refractivity contribution in [3.05, 3.63) is 52.8 Å². The van der Waals surface area contributed by atoms with Gasteiger partial charge in [0, 0.05) is 18.2 Å². The lowest BCUT2D eigenvalue weighted by atomic mass is 9.96. The van der Waals surface area contributed by atoms with E-state index in [4.69, 9.17) is 0 Å². The Morgan fingerprint density at radius 3 is 2.43 bits per heavy atom. The molecule has 0 spiro atoms. The molecule has 0 saturated carbocycles.